The number of nitrogens with zero attached hydrogens (tertiary/aromatic N) is 3. The molecule has 138 valence electrons. The Bertz CT molecular complexity index is 1000. The van der Waals surface area contributed by atoms with Crippen molar-refractivity contribution in [2.24, 2.45) is 5.73 Å². The second-order valence-electron chi connectivity index (χ2n) is 6.38. The first-order valence-corrected chi connectivity index (χ1v) is 8.68. The van der Waals surface area contributed by atoms with Crippen LogP contribution < -0.4 is 16.4 Å². The third-order valence-corrected chi connectivity index (χ3v) is 4.07. The van der Waals surface area contributed by atoms with Crippen LogP contribution in [-0.4, -0.2) is 40.4 Å². The molecule has 1 aromatic heterocycles. The Kier molecular flexibility index (Phi) is 5.58. The topological polar surface area (TPSA) is 96.2 Å². The number of thiocarbonyl (C=S) groups is 1. The number of carbonyl (C=O) groups excluding carboxylic acids is 1. The van der Waals surface area contributed by atoms with Gasteiger partial charge in [-0.2, -0.15) is 0 Å². The highest BCUT2D eigenvalue weighted by Crippen LogP contribution is 2.23. The lowest BCUT2D eigenvalue weighted by Crippen LogP contribution is -2.11. The van der Waals surface area contributed by atoms with E-state index in [9.17, 15) is 4.79 Å². The molecule has 0 spiro atoms. The summed E-state index contributed by atoms with van der Waals surface area (Å²) >= 11 is 5.00. The van der Waals surface area contributed by atoms with Gasteiger partial charge in [0.2, 0.25) is 12.4 Å². The second kappa shape index (κ2) is 8.07. The molecule has 0 unspecified atom stereocenters. The maximum absolute atomic E-state index is 10.8. The summed E-state index contributed by atoms with van der Waals surface area (Å²) in [6.07, 6.45) is 2.38. The van der Waals surface area contributed by atoms with Crippen molar-refractivity contribution in [3.05, 3.63) is 53.7 Å². The van der Waals surface area contributed by atoms with Gasteiger partial charge in [-0.25, -0.2) is 9.97 Å². The molecule has 8 heteroatoms. The number of nitrogens with one attached hydrogen (secondary N) is 2. The van der Waals surface area contributed by atoms with Crippen molar-refractivity contribution in [3.63, 3.8) is 0 Å². The molecule has 1 amide bonds. The molecule has 3 rings (SSSR count). The van der Waals surface area contributed by atoms with E-state index in [1.54, 1.807) is 6.20 Å². The molecule has 1 heterocycles. The molecule has 0 aliphatic carbocycles. The smallest absolute Gasteiger partial charge is 0.227 e. The summed E-state index contributed by atoms with van der Waals surface area (Å²) in [5.41, 5.74) is 9.77. The maximum Gasteiger partial charge on any atom is 0.227 e. The summed E-state index contributed by atoms with van der Waals surface area (Å²) < 4.78 is 0. The van der Waals surface area contributed by atoms with Crippen molar-refractivity contribution in [2.45, 2.75) is 6.54 Å². The number of carbonyl (C=O) groups is 1. The molecule has 0 aliphatic rings. The number of rotatable bonds is 7. The number of hydrogen-bond donors (Lipinski definition) is 3. The number of benzene rings is 2. The quantitative estimate of drug-likeness (QED) is 0.428. The van der Waals surface area contributed by atoms with Crippen LogP contribution in [0.4, 0.5) is 17.3 Å². The Balaban J connectivity index is 1.91. The lowest BCUT2D eigenvalue weighted by atomic mass is 10.1. The van der Waals surface area contributed by atoms with E-state index >= 15 is 0 Å². The number of amides is 1. The van der Waals surface area contributed by atoms with Gasteiger partial charge in [-0.15, -0.1) is 0 Å². The Morgan fingerprint density at radius 3 is 2.70 bits per heavy atom. The first-order valence-electron chi connectivity index (χ1n) is 8.27. The SMILES string of the molecule is CN(C)Cc1cc(NC=O)cc(Nc2ncc3cc(C(N)=S)ccc3n2)c1. The highest BCUT2D eigenvalue weighted by molar-refractivity contribution is 7.80. The normalized spacial score (nSPS) is 10.8. The Labute approximate surface area is 162 Å². The summed E-state index contributed by atoms with van der Waals surface area (Å²) in [6.45, 7) is 0.739. The summed E-state index contributed by atoms with van der Waals surface area (Å²) in [6, 6.07) is 11.3. The summed E-state index contributed by atoms with van der Waals surface area (Å²) in [4.78, 5) is 22.1. The summed E-state index contributed by atoms with van der Waals surface area (Å²) in [5.74, 6) is 0.463. The zero-order chi connectivity index (χ0) is 19.4. The molecule has 27 heavy (non-hydrogen) atoms. The molecule has 0 saturated carbocycles. The average Bonchev–Trinajstić information content (AvgIpc) is 2.60. The molecular formula is C19H20N6OS. The van der Waals surface area contributed by atoms with Crippen molar-refractivity contribution < 1.29 is 4.79 Å². The van der Waals surface area contributed by atoms with Gasteiger partial charge in [0.1, 0.15) is 4.99 Å². The summed E-state index contributed by atoms with van der Waals surface area (Å²) in [5, 5.41) is 6.75. The highest BCUT2D eigenvalue weighted by Gasteiger charge is 2.06. The van der Waals surface area contributed by atoms with Crippen LogP contribution in [0.5, 0.6) is 0 Å². The van der Waals surface area contributed by atoms with Crippen LogP contribution in [0.3, 0.4) is 0 Å². The van der Waals surface area contributed by atoms with E-state index in [0.29, 0.717) is 23.0 Å². The van der Waals surface area contributed by atoms with E-state index in [4.69, 9.17) is 18.0 Å². The molecule has 0 aliphatic heterocycles. The third-order valence-electron chi connectivity index (χ3n) is 3.84. The predicted molar refractivity (Wildman–Crippen MR) is 112 cm³/mol. The van der Waals surface area contributed by atoms with Crippen molar-refractivity contribution in [1.82, 2.24) is 14.9 Å². The van der Waals surface area contributed by atoms with Gasteiger partial charge in [0.25, 0.3) is 0 Å². The van der Waals surface area contributed by atoms with Gasteiger partial charge in [0.15, 0.2) is 0 Å². The van der Waals surface area contributed by atoms with E-state index in [1.807, 2.05) is 50.5 Å². The van der Waals surface area contributed by atoms with Crippen molar-refractivity contribution in [2.75, 3.05) is 24.7 Å². The fourth-order valence-corrected chi connectivity index (χ4v) is 2.87. The highest BCUT2D eigenvalue weighted by atomic mass is 32.1. The number of aromatic nitrogens is 2. The van der Waals surface area contributed by atoms with Crippen LogP contribution in [0, 0.1) is 0 Å². The lowest BCUT2D eigenvalue weighted by Gasteiger charge is -2.14. The predicted octanol–water partition coefficient (Wildman–Crippen LogP) is 2.64. The zero-order valence-electron chi connectivity index (χ0n) is 15.1. The molecule has 7 nitrogen and oxygen atoms in total. The number of nitrogens with two attached hydrogens (primary N) is 1. The van der Waals surface area contributed by atoms with E-state index in [1.165, 1.54) is 0 Å². The number of fused-ring (bicyclic) bond motifs is 1. The molecule has 0 radical (unpaired) electrons. The van der Waals surface area contributed by atoms with Crippen molar-refractivity contribution >= 4 is 51.8 Å². The fourth-order valence-electron chi connectivity index (χ4n) is 2.75. The molecule has 0 atom stereocenters. The lowest BCUT2D eigenvalue weighted by molar-refractivity contribution is -0.105. The molecule has 0 fully saturated rings. The minimum absolute atomic E-state index is 0.340. The van der Waals surface area contributed by atoms with E-state index in [0.717, 1.165) is 34.3 Å². The van der Waals surface area contributed by atoms with E-state index in [-0.39, 0.29) is 0 Å². The standard InChI is InChI=1S/C19H20N6OS/c1-25(2)10-12-5-15(22-11-26)8-16(6-12)23-19-21-9-14-7-13(18(20)27)3-4-17(14)24-19/h3-9,11H,10H2,1-2H3,(H2,20,27)(H,22,26)(H,21,23,24). The van der Waals surface area contributed by atoms with Crippen LogP contribution in [-0.2, 0) is 11.3 Å². The average molecular weight is 380 g/mol. The molecular weight excluding hydrogens is 360 g/mol. The first-order chi connectivity index (χ1) is 12.9. The van der Waals surface area contributed by atoms with Gasteiger partial charge in [-0.3, -0.25) is 4.79 Å². The van der Waals surface area contributed by atoms with E-state index < -0.39 is 0 Å². The molecule has 0 saturated heterocycles. The Hall–Kier alpha value is -3.10. The Morgan fingerprint density at radius 1 is 1.22 bits per heavy atom. The largest absolute Gasteiger partial charge is 0.389 e. The van der Waals surface area contributed by atoms with Crippen LogP contribution in [0.15, 0.2) is 42.6 Å². The van der Waals surface area contributed by atoms with Gasteiger partial charge >= 0.3 is 0 Å². The van der Waals surface area contributed by atoms with Gasteiger partial charge < -0.3 is 21.3 Å². The molecule has 2 aromatic carbocycles. The van der Waals surface area contributed by atoms with Gasteiger partial charge in [-0.05, 0) is 56.1 Å². The molecule has 4 N–H and O–H groups in total. The molecule has 3 aromatic rings. The van der Waals surface area contributed by atoms with Crippen molar-refractivity contribution in [3.8, 4) is 0 Å². The monoisotopic (exact) mass is 380 g/mol. The van der Waals surface area contributed by atoms with Gasteiger partial charge in [-0.1, -0.05) is 12.2 Å². The minimum atomic E-state index is 0.340. The third kappa shape index (κ3) is 4.75. The Morgan fingerprint density at radius 2 is 2.00 bits per heavy atom. The summed E-state index contributed by atoms with van der Waals surface area (Å²) in [7, 11) is 3.97. The van der Waals surface area contributed by atoms with Crippen LogP contribution in [0.25, 0.3) is 10.9 Å². The van der Waals surface area contributed by atoms with Crippen LogP contribution >= 0.6 is 12.2 Å². The van der Waals surface area contributed by atoms with E-state index in [2.05, 4.69) is 25.5 Å². The fraction of sp³-hybridized carbons (Fsp3) is 0.158. The maximum atomic E-state index is 10.8. The number of anilines is 3. The van der Waals surface area contributed by atoms with Crippen molar-refractivity contribution in [1.29, 1.82) is 0 Å². The first kappa shape index (κ1) is 18.7. The van der Waals surface area contributed by atoms with Gasteiger partial charge in [0.05, 0.1) is 5.52 Å². The zero-order valence-corrected chi connectivity index (χ0v) is 15.9. The van der Waals surface area contributed by atoms with Gasteiger partial charge in [0, 0.05) is 35.1 Å². The number of hydrogen-bond acceptors (Lipinski definition) is 6. The molecule has 0 bridgehead atoms. The van der Waals surface area contributed by atoms with Crippen LogP contribution in [0.1, 0.15) is 11.1 Å². The minimum Gasteiger partial charge on any atom is -0.389 e. The second-order valence-corrected chi connectivity index (χ2v) is 6.81. The van der Waals surface area contributed by atoms with Crippen LogP contribution in [0.2, 0.25) is 0 Å².